The lowest BCUT2D eigenvalue weighted by Crippen LogP contribution is -2.34. The standard InChI is InChI=1S/C13H15F2NO3/c1-8(13(18)19-3)7-16(2)12(17)10-6-9(14)4-5-11(10)15/h4-6,8H,7H2,1-3H3. The number of hydrogen-bond donors (Lipinski definition) is 0. The largest absolute Gasteiger partial charge is 0.469 e. The van der Waals surface area contributed by atoms with Crippen molar-refractivity contribution >= 4 is 11.9 Å². The first-order valence-electron chi connectivity index (χ1n) is 5.65. The number of amides is 1. The summed E-state index contributed by atoms with van der Waals surface area (Å²) in [5, 5.41) is 0. The van der Waals surface area contributed by atoms with Crippen molar-refractivity contribution in [3.63, 3.8) is 0 Å². The SMILES string of the molecule is COC(=O)C(C)CN(C)C(=O)c1cc(F)ccc1F. The number of carbonyl (C=O) groups is 2. The molecule has 0 aliphatic rings. The molecule has 0 saturated carbocycles. The molecule has 1 atom stereocenters. The predicted octanol–water partition coefficient (Wildman–Crippen LogP) is 1.85. The van der Waals surface area contributed by atoms with Gasteiger partial charge in [-0.15, -0.1) is 0 Å². The number of esters is 1. The summed E-state index contributed by atoms with van der Waals surface area (Å²) in [6, 6.07) is 2.65. The predicted molar refractivity (Wildman–Crippen MR) is 64.5 cm³/mol. The topological polar surface area (TPSA) is 46.6 Å². The molecule has 1 amide bonds. The molecule has 0 fully saturated rings. The normalized spacial score (nSPS) is 11.8. The van der Waals surface area contributed by atoms with Crippen molar-refractivity contribution in [3.05, 3.63) is 35.4 Å². The van der Waals surface area contributed by atoms with Gasteiger partial charge in [-0.1, -0.05) is 6.92 Å². The van der Waals surface area contributed by atoms with Crippen molar-refractivity contribution < 1.29 is 23.1 Å². The van der Waals surface area contributed by atoms with Crippen molar-refractivity contribution in [3.8, 4) is 0 Å². The number of methoxy groups -OCH3 is 1. The molecule has 1 unspecified atom stereocenters. The molecule has 1 rings (SSSR count). The number of carbonyl (C=O) groups excluding carboxylic acids is 2. The average Bonchev–Trinajstić information content (AvgIpc) is 2.39. The molecule has 4 nitrogen and oxygen atoms in total. The third-order valence-corrected chi connectivity index (χ3v) is 2.66. The summed E-state index contributed by atoms with van der Waals surface area (Å²) in [6.45, 7) is 1.64. The molecular formula is C13H15F2NO3. The van der Waals surface area contributed by atoms with Crippen molar-refractivity contribution in [2.24, 2.45) is 5.92 Å². The van der Waals surface area contributed by atoms with Gasteiger partial charge in [0.2, 0.25) is 0 Å². The maximum absolute atomic E-state index is 13.4. The Balaban J connectivity index is 2.82. The van der Waals surface area contributed by atoms with Gasteiger partial charge in [-0.2, -0.15) is 0 Å². The second kappa shape index (κ2) is 6.26. The Bertz CT molecular complexity index is 491. The molecule has 0 spiro atoms. The van der Waals surface area contributed by atoms with Crippen LogP contribution in [0.4, 0.5) is 8.78 Å². The monoisotopic (exact) mass is 271 g/mol. The molecule has 6 heteroatoms. The number of hydrogen-bond acceptors (Lipinski definition) is 3. The van der Waals surface area contributed by atoms with Gasteiger partial charge >= 0.3 is 5.97 Å². The van der Waals surface area contributed by atoms with Crippen LogP contribution in [0.5, 0.6) is 0 Å². The summed E-state index contributed by atoms with van der Waals surface area (Å²) in [5.41, 5.74) is -0.362. The third-order valence-electron chi connectivity index (χ3n) is 2.66. The van der Waals surface area contributed by atoms with Gasteiger partial charge in [0.05, 0.1) is 18.6 Å². The van der Waals surface area contributed by atoms with E-state index in [0.717, 1.165) is 23.1 Å². The highest BCUT2D eigenvalue weighted by Gasteiger charge is 2.21. The van der Waals surface area contributed by atoms with Crippen molar-refractivity contribution in [2.45, 2.75) is 6.92 Å². The van der Waals surface area contributed by atoms with Crippen LogP contribution in [0, 0.1) is 17.6 Å². The van der Waals surface area contributed by atoms with Crippen LogP contribution in [0.2, 0.25) is 0 Å². The molecule has 0 aliphatic carbocycles. The van der Waals surface area contributed by atoms with Gasteiger partial charge in [0.1, 0.15) is 11.6 Å². The van der Waals surface area contributed by atoms with E-state index in [1.54, 1.807) is 6.92 Å². The Morgan fingerprint density at radius 3 is 2.58 bits per heavy atom. The van der Waals surface area contributed by atoms with Crippen LogP contribution in [-0.4, -0.2) is 37.5 Å². The summed E-state index contributed by atoms with van der Waals surface area (Å²) in [7, 11) is 2.65. The summed E-state index contributed by atoms with van der Waals surface area (Å²) < 4.78 is 31.0. The lowest BCUT2D eigenvalue weighted by Gasteiger charge is -2.20. The quantitative estimate of drug-likeness (QED) is 0.785. The van der Waals surface area contributed by atoms with E-state index < -0.39 is 29.4 Å². The molecular weight excluding hydrogens is 256 g/mol. The minimum atomic E-state index is -0.802. The van der Waals surface area contributed by atoms with Crippen molar-refractivity contribution in [1.29, 1.82) is 0 Å². The van der Waals surface area contributed by atoms with Gasteiger partial charge in [-0.3, -0.25) is 9.59 Å². The van der Waals surface area contributed by atoms with Gasteiger partial charge in [-0.25, -0.2) is 8.78 Å². The molecule has 19 heavy (non-hydrogen) atoms. The Labute approximate surface area is 110 Å². The Hall–Kier alpha value is -1.98. The summed E-state index contributed by atoms with van der Waals surface area (Å²) in [5.74, 6) is -3.20. The minimum absolute atomic E-state index is 0.0570. The van der Waals surface area contributed by atoms with E-state index in [-0.39, 0.29) is 12.1 Å². The van der Waals surface area contributed by atoms with Crippen LogP contribution in [-0.2, 0) is 9.53 Å². The van der Waals surface area contributed by atoms with Gasteiger partial charge in [0.15, 0.2) is 0 Å². The zero-order chi connectivity index (χ0) is 14.6. The molecule has 104 valence electrons. The first kappa shape index (κ1) is 15.1. The smallest absolute Gasteiger partial charge is 0.310 e. The fourth-order valence-electron chi connectivity index (χ4n) is 1.64. The van der Waals surface area contributed by atoms with Gasteiger partial charge in [-0.05, 0) is 18.2 Å². The number of nitrogens with zero attached hydrogens (tertiary/aromatic N) is 1. The minimum Gasteiger partial charge on any atom is -0.469 e. The van der Waals surface area contributed by atoms with Gasteiger partial charge in [0.25, 0.3) is 5.91 Å². The molecule has 0 bridgehead atoms. The molecule has 1 aromatic carbocycles. The fourth-order valence-corrected chi connectivity index (χ4v) is 1.64. The number of halogens is 2. The highest BCUT2D eigenvalue weighted by atomic mass is 19.1. The molecule has 1 aromatic rings. The van der Waals surface area contributed by atoms with Crippen molar-refractivity contribution in [2.75, 3.05) is 20.7 Å². The molecule has 0 N–H and O–H groups in total. The lowest BCUT2D eigenvalue weighted by atomic mass is 10.1. The van der Waals surface area contributed by atoms with E-state index in [1.165, 1.54) is 14.2 Å². The van der Waals surface area contributed by atoms with E-state index in [4.69, 9.17) is 0 Å². The third kappa shape index (κ3) is 3.74. The number of ether oxygens (including phenoxy) is 1. The first-order valence-corrected chi connectivity index (χ1v) is 5.65. The summed E-state index contributed by atoms with van der Waals surface area (Å²) in [4.78, 5) is 24.3. The lowest BCUT2D eigenvalue weighted by molar-refractivity contribution is -0.145. The number of rotatable bonds is 4. The van der Waals surface area contributed by atoms with Gasteiger partial charge < -0.3 is 9.64 Å². The second-order valence-corrected chi connectivity index (χ2v) is 4.23. The maximum Gasteiger partial charge on any atom is 0.310 e. The highest BCUT2D eigenvalue weighted by molar-refractivity contribution is 5.94. The molecule has 0 aliphatic heterocycles. The Morgan fingerprint density at radius 1 is 1.37 bits per heavy atom. The first-order chi connectivity index (χ1) is 8.86. The fraction of sp³-hybridized carbons (Fsp3) is 0.385. The van der Waals surface area contributed by atoms with E-state index in [9.17, 15) is 18.4 Å². The highest BCUT2D eigenvalue weighted by Crippen LogP contribution is 2.13. The van der Waals surface area contributed by atoms with Crippen LogP contribution in [0.25, 0.3) is 0 Å². The van der Waals surface area contributed by atoms with E-state index >= 15 is 0 Å². The van der Waals surface area contributed by atoms with Crippen LogP contribution in [0.3, 0.4) is 0 Å². The summed E-state index contributed by atoms with van der Waals surface area (Å²) in [6.07, 6.45) is 0. The molecule has 0 heterocycles. The van der Waals surface area contributed by atoms with E-state index in [1.807, 2.05) is 0 Å². The Kier molecular flexibility index (Phi) is 4.97. The maximum atomic E-state index is 13.4. The van der Waals surface area contributed by atoms with Crippen LogP contribution in [0.15, 0.2) is 18.2 Å². The summed E-state index contributed by atoms with van der Waals surface area (Å²) >= 11 is 0. The number of benzene rings is 1. The van der Waals surface area contributed by atoms with E-state index in [2.05, 4.69) is 4.74 Å². The Morgan fingerprint density at radius 2 is 2.00 bits per heavy atom. The zero-order valence-corrected chi connectivity index (χ0v) is 10.9. The van der Waals surface area contributed by atoms with Crippen molar-refractivity contribution in [1.82, 2.24) is 4.90 Å². The van der Waals surface area contributed by atoms with Crippen LogP contribution in [0.1, 0.15) is 17.3 Å². The average molecular weight is 271 g/mol. The van der Waals surface area contributed by atoms with Crippen LogP contribution >= 0.6 is 0 Å². The van der Waals surface area contributed by atoms with Gasteiger partial charge in [0, 0.05) is 13.6 Å². The molecule has 0 saturated heterocycles. The molecule has 0 aromatic heterocycles. The molecule has 0 radical (unpaired) electrons. The van der Waals surface area contributed by atoms with E-state index in [0.29, 0.717) is 0 Å². The second-order valence-electron chi connectivity index (χ2n) is 4.23. The zero-order valence-electron chi connectivity index (χ0n) is 10.9. The van der Waals surface area contributed by atoms with Crippen LogP contribution < -0.4 is 0 Å².